The summed E-state index contributed by atoms with van der Waals surface area (Å²) < 4.78 is 11.2. The lowest BCUT2D eigenvalue weighted by Crippen LogP contribution is -2.41. The smallest absolute Gasteiger partial charge is 0.410 e. The monoisotopic (exact) mass is 341 g/mol. The summed E-state index contributed by atoms with van der Waals surface area (Å²) >= 11 is 0. The van der Waals surface area contributed by atoms with E-state index < -0.39 is 8.32 Å². The predicted octanol–water partition coefficient (Wildman–Crippen LogP) is 3.32. The zero-order chi connectivity index (χ0) is 17.7. The van der Waals surface area contributed by atoms with Crippen molar-refractivity contribution < 1.29 is 19.1 Å². The normalized spacial score (nSPS) is 20.5. The van der Waals surface area contributed by atoms with E-state index >= 15 is 0 Å². The summed E-state index contributed by atoms with van der Waals surface area (Å²) in [5.74, 6) is 0. The molecule has 1 heterocycles. The number of cyclic esters (lactones) is 1. The minimum absolute atomic E-state index is 0.0340. The fourth-order valence-corrected chi connectivity index (χ4v) is 2.90. The Balaban J connectivity index is 2.58. The van der Waals surface area contributed by atoms with Gasteiger partial charge in [-0.1, -0.05) is 44.6 Å². The van der Waals surface area contributed by atoms with Crippen LogP contribution in [0.2, 0.25) is 18.1 Å². The van der Waals surface area contributed by atoms with Gasteiger partial charge in [-0.2, -0.15) is 0 Å². The van der Waals surface area contributed by atoms with Crippen LogP contribution in [0.3, 0.4) is 0 Å². The highest BCUT2D eigenvalue weighted by Crippen LogP contribution is 2.36. The average molecular weight is 342 g/mol. The zero-order valence-electron chi connectivity index (χ0n) is 15.3. The fraction of sp³-hybridized carbons (Fsp3) is 0.706. The molecule has 1 fully saturated rings. The molecule has 0 radical (unpaired) electrons. The Bertz CT molecular complexity index is 466. The number of rotatable bonds is 7. The van der Waals surface area contributed by atoms with Crippen LogP contribution in [-0.2, 0) is 9.16 Å². The van der Waals surface area contributed by atoms with Crippen LogP contribution < -0.4 is 0 Å². The van der Waals surface area contributed by atoms with Crippen molar-refractivity contribution in [3.05, 3.63) is 23.8 Å². The largest absolute Gasteiger partial charge is 0.447 e. The first-order valence-corrected chi connectivity index (χ1v) is 11.0. The van der Waals surface area contributed by atoms with E-state index in [9.17, 15) is 4.79 Å². The Morgan fingerprint density at radius 1 is 1.48 bits per heavy atom. The molecule has 23 heavy (non-hydrogen) atoms. The molecule has 132 valence electrons. The second-order valence-corrected chi connectivity index (χ2v) is 12.3. The Morgan fingerprint density at radius 2 is 2.13 bits per heavy atom. The van der Waals surface area contributed by atoms with Gasteiger partial charge in [-0.25, -0.2) is 4.79 Å². The molecule has 0 aromatic rings. The Morgan fingerprint density at radius 3 is 2.70 bits per heavy atom. The van der Waals surface area contributed by atoms with Gasteiger partial charge in [0.25, 0.3) is 0 Å². The zero-order valence-corrected chi connectivity index (χ0v) is 16.3. The molecule has 0 aliphatic carbocycles. The first-order chi connectivity index (χ1) is 10.6. The molecule has 0 bridgehead atoms. The summed E-state index contributed by atoms with van der Waals surface area (Å²) in [5.41, 5.74) is 1.11. The maximum absolute atomic E-state index is 11.8. The number of amides is 1. The third kappa shape index (κ3) is 5.79. The minimum Gasteiger partial charge on any atom is -0.447 e. The minimum atomic E-state index is -1.76. The number of carbonyl (C=O) groups excluding carboxylic acids is 1. The molecule has 0 spiro atoms. The molecule has 0 saturated carbocycles. The van der Waals surface area contributed by atoms with Crippen LogP contribution in [0.1, 0.15) is 27.7 Å². The van der Waals surface area contributed by atoms with Crippen molar-refractivity contribution in [1.82, 2.24) is 4.90 Å². The third-order valence-electron chi connectivity index (χ3n) is 4.58. The van der Waals surface area contributed by atoms with E-state index in [-0.39, 0.29) is 23.8 Å². The van der Waals surface area contributed by atoms with Crippen molar-refractivity contribution in [2.45, 2.75) is 51.9 Å². The van der Waals surface area contributed by atoms with Gasteiger partial charge < -0.3 is 14.3 Å². The van der Waals surface area contributed by atoms with Gasteiger partial charge in [-0.3, -0.25) is 4.90 Å². The maximum Gasteiger partial charge on any atom is 0.410 e. The SMILES string of the molecule is C/C(=C\CN1C(=O)OC[C@@H]1/C=C/CO)CO[Si](C)(C)C(C)(C)C. The summed E-state index contributed by atoms with van der Waals surface area (Å²) in [6, 6.07) is -0.111. The van der Waals surface area contributed by atoms with Crippen molar-refractivity contribution in [2.24, 2.45) is 0 Å². The van der Waals surface area contributed by atoms with Gasteiger partial charge in [-0.05, 0) is 25.1 Å². The summed E-state index contributed by atoms with van der Waals surface area (Å²) in [5, 5.41) is 9.04. The maximum atomic E-state index is 11.8. The van der Waals surface area contributed by atoms with Crippen molar-refractivity contribution in [1.29, 1.82) is 0 Å². The van der Waals surface area contributed by atoms with E-state index in [2.05, 4.69) is 33.9 Å². The molecule has 1 aliphatic rings. The van der Waals surface area contributed by atoms with Crippen molar-refractivity contribution >= 4 is 14.4 Å². The number of aliphatic hydroxyl groups excluding tert-OH is 1. The molecule has 1 rings (SSSR count). The Kier molecular flexibility index (Phi) is 7.04. The van der Waals surface area contributed by atoms with E-state index in [0.717, 1.165) is 5.57 Å². The molecule has 0 aromatic heterocycles. The van der Waals surface area contributed by atoms with Crippen LogP contribution >= 0.6 is 0 Å². The summed E-state index contributed by atoms with van der Waals surface area (Å²) in [7, 11) is -1.76. The van der Waals surface area contributed by atoms with Gasteiger partial charge >= 0.3 is 6.09 Å². The first kappa shape index (κ1) is 19.9. The predicted molar refractivity (Wildman–Crippen MR) is 95.0 cm³/mol. The number of ether oxygens (including phenoxy) is 1. The molecule has 1 atom stereocenters. The van der Waals surface area contributed by atoms with Crippen LogP contribution in [0.4, 0.5) is 4.79 Å². The second-order valence-electron chi connectivity index (χ2n) is 7.51. The van der Waals surface area contributed by atoms with Gasteiger partial charge in [0.2, 0.25) is 0 Å². The highest BCUT2D eigenvalue weighted by atomic mass is 28.4. The lowest BCUT2D eigenvalue weighted by atomic mass is 10.2. The summed E-state index contributed by atoms with van der Waals surface area (Å²) in [6.45, 7) is 14.5. The van der Waals surface area contributed by atoms with E-state index in [1.165, 1.54) is 0 Å². The lowest BCUT2D eigenvalue weighted by Gasteiger charge is -2.36. The van der Waals surface area contributed by atoms with Gasteiger partial charge in [0, 0.05) is 6.54 Å². The average Bonchev–Trinajstić information content (AvgIpc) is 2.80. The van der Waals surface area contributed by atoms with E-state index in [0.29, 0.717) is 19.8 Å². The molecule has 1 aliphatic heterocycles. The van der Waals surface area contributed by atoms with Crippen LogP contribution in [0.15, 0.2) is 23.8 Å². The lowest BCUT2D eigenvalue weighted by molar-refractivity contribution is 0.160. The quantitative estimate of drug-likeness (QED) is 0.570. The molecule has 1 N–H and O–H groups in total. The first-order valence-electron chi connectivity index (χ1n) is 8.09. The summed E-state index contributed by atoms with van der Waals surface area (Å²) in [4.78, 5) is 13.4. The van der Waals surface area contributed by atoms with Crippen molar-refractivity contribution in [3.8, 4) is 0 Å². The van der Waals surface area contributed by atoms with Crippen LogP contribution in [0.25, 0.3) is 0 Å². The molecule has 5 nitrogen and oxygen atoms in total. The topological polar surface area (TPSA) is 59.0 Å². The molecular formula is C17H31NO4Si. The molecule has 1 saturated heterocycles. The number of carbonyl (C=O) groups is 1. The summed E-state index contributed by atoms with van der Waals surface area (Å²) in [6.07, 6.45) is 5.14. The third-order valence-corrected chi connectivity index (χ3v) is 9.06. The standard InChI is InChI=1S/C17H31NO4Si/c1-14(12-22-23(5,6)17(2,3)4)9-10-18-15(8-7-11-19)13-21-16(18)20/h7-9,15,19H,10-13H2,1-6H3/b8-7+,14-9+/t15-/m0/s1. The van der Waals surface area contributed by atoms with Gasteiger partial charge in [0.05, 0.1) is 19.3 Å². The molecule has 6 heteroatoms. The van der Waals surface area contributed by atoms with Crippen LogP contribution in [0.5, 0.6) is 0 Å². The molecular weight excluding hydrogens is 310 g/mol. The van der Waals surface area contributed by atoms with Crippen LogP contribution in [-0.4, -0.2) is 56.8 Å². The van der Waals surface area contributed by atoms with Gasteiger partial charge in [0.15, 0.2) is 8.32 Å². The number of nitrogens with zero attached hydrogens (tertiary/aromatic N) is 1. The Hall–Kier alpha value is -1.11. The van der Waals surface area contributed by atoms with E-state index in [1.807, 2.05) is 13.0 Å². The van der Waals surface area contributed by atoms with Crippen LogP contribution in [0, 0.1) is 0 Å². The molecule has 0 unspecified atom stereocenters. The fourth-order valence-electron chi connectivity index (χ4n) is 1.88. The molecule has 1 amide bonds. The Labute approximate surface area is 141 Å². The highest BCUT2D eigenvalue weighted by molar-refractivity contribution is 6.74. The second kappa shape index (κ2) is 8.12. The van der Waals surface area contributed by atoms with E-state index in [1.54, 1.807) is 17.1 Å². The number of aliphatic hydroxyl groups is 1. The number of hydrogen-bond donors (Lipinski definition) is 1. The van der Waals surface area contributed by atoms with E-state index in [4.69, 9.17) is 14.3 Å². The van der Waals surface area contributed by atoms with Gasteiger partial charge in [0.1, 0.15) is 6.61 Å². The number of hydrogen-bond acceptors (Lipinski definition) is 4. The van der Waals surface area contributed by atoms with Gasteiger partial charge in [-0.15, -0.1) is 0 Å². The van der Waals surface area contributed by atoms with Crippen molar-refractivity contribution in [3.63, 3.8) is 0 Å². The van der Waals surface area contributed by atoms with Crippen molar-refractivity contribution in [2.75, 3.05) is 26.4 Å². The highest BCUT2D eigenvalue weighted by Gasteiger charge is 2.37. The molecule has 0 aromatic carbocycles.